The van der Waals surface area contributed by atoms with E-state index in [0.717, 1.165) is 39.0 Å². The van der Waals surface area contributed by atoms with Gasteiger partial charge in [-0.1, -0.05) is 6.07 Å². The maximum absolute atomic E-state index is 12.9. The number of benzene rings is 1. The summed E-state index contributed by atoms with van der Waals surface area (Å²) in [7, 11) is 3.17. The van der Waals surface area contributed by atoms with Crippen LogP contribution in [0.2, 0.25) is 0 Å². The Balaban J connectivity index is 1.72. The topological polar surface area (TPSA) is 50.8 Å². The molecule has 2 heterocycles. The molecule has 2 saturated heterocycles. The molecule has 1 spiro atoms. The molecule has 0 bridgehead atoms. The van der Waals surface area contributed by atoms with Crippen molar-refractivity contribution in [2.24, 2.45) is 5.41 Å². The van der Waals surface area contributed by atoms with E-state index in [1.165, 1.54) is 12.8 Å². The van der Waals surface area contributed by atoms with Crippen LogP contribution >= 0.6 is 0 Å². The number of nitrogens with zero attached hydrogens (tertiary/aromatic N) is 1. The molecule has 0 aromatic heterocycles. The molecule has 0 saturated carbocycles. The second kappa shape index (κ2) is 6.79. The number of hydrogen-bond acceptors (Lipinski definition) is 4. The molecule has 1 aromatic carbocycles. The van der Waals surface area contributed by atoms with Crippen molar-refractivity contribution in [2.75, 3.05) is 40.4 Å². The molecule has 1 amide bonds. The minimum atomic E-state index is 0.0459. The lowest BCUT2D eigenvalue weighted by Gasteiger charge is -2.44. The Bertz CT molecular complexity index is 557. The number of hydrogen-bond donors (Lipinski definition) is 1. The average Bonchev–Trinajstić information content (AvgIpc) is 2.61. The van der Waals surface area contributed by atoms with E-state index in [4.69, 9.17) is 9.47 Å². The van der Waals surface area contributed by atoms with Gasteiger partial charge in [0.2, 0.25) is 0 Å². The maximum atomic E-state index is 12.9. The van der Waals surface area contributed by atoms with Gasteiger partial charge in [0.1, 0.15) is 0 Å². The number of nitrogens with one attached hydrogen (secondary N) is 1. The van der Waals surface area contributed by atoms with Crippen molar-refractivity contribution in [1.29, 1.82) is 0 Å². The van der Waals surface area contributed by atoms with Crippen LogP contribution in [0.4, 0.5) is 0 Å². The standard InChI is InChI=1S/C18H26N2O3/c1-22-15-5-3-4-14(16(15)23-2)17(21)20-12-8-18(9-13-20)6-10-19-11-7-18/h3-5,19H,6-13H2,1-2H3. The summed E-state index contributed by atoms with van der Waals surface area (Å²) in [5, 5.41) is 3.43. The molecule has 3 rings (SSSR count). The lowest BCUT2D eigenvalue weighted by Crippen LogP contribution is -2.47. The van der Waals surface area contributed by atoms with Crippen molar-refractivity contribution >= 4 is 5.91 Å². The van der Waals surface area contributed by atoms with E-state index >= 15 is 0 Å². The molecule has 23 heavy (non-hydrogen) atoms. The van der Waals surface area contributed by atoms with Crippen LogP contribution in [0.15, 0.2) is 18.2 Å². The minimum Gasteiger partial charge on any atom is -0.493 e. The summed E-state index contributed by atoms with van der Waals surface area (Å²) in [5.41, 5.74) is 1.04. The van der Waals surface area contributed by atoms with Crippen molar-refractivity contribution < 1.29 is 14.3 Å². The van der Waals surface area contributed by atoms with Gasteiger partial charge in [0.25, 0.3) is 5.91 Å². The number of ether oxygens (including phenoxy) is 2. The fourth-order valence-corrected chi connectivity index (χ4v) is 3.87. The van der Waals surface area contributed by atoms with Crippen LogP contribution in [0.3, 0.4) is 0 Å². The summed E-state index contributed by atoms with van der Waals surface area (Å²) in [6, 6.07) is 5.47. The van der Waals surface area contributed by atoms with Crippen LogP contribution in [0.1, 0.15) is 36.0 Å². The van der Waals surface area contributed by atoms with E-state index < -0.39 is 0 Å². The predicted octanol–water partition coefficient (Wildman–Crippen LogP) is 2.31. The fourth-order valence-electron chi connectivity index (χ4n) is 3.87. The maximum Gasteiger partial charge on any atom is 0.257 e. The Morgan fingerprint density at radius 1 is 1.09 bits per heavy atom. The third-order valence-corrected chi connectivity index (χ3v) is 5.41. The van der Waals surface area contributed by atoms with E-state index in [1.54, 1.807) is 14.2 Å². The van der Waals surface area contributed by atoms with Gasteiger partial charge >= 0.3 is 0 Å². The Hall–Kier alpha value is -1.75. The molecule has 2 aliphatic heterocycles. The molecule has 0 atom stereocenters. The van der Waals surface area contributed by atoms with E-state index in [0.29, 0.717) is 22.5 Å². The molecule has 5 heteroatoms. The first-order chi connectivity index (χ1) is 11.2. The first kappa shape index (κ1) is 16.1. The average molecular weight is 318 g/mol. The second-order valence-corrected chi connectivity index (χ2v) is 6.58. The van der Waals surface area contributed by atoms with Gasteiger partial charge in [-0.2, -0.15) is 0 Å². The number of piperidine rings is 2. The van der Waals surface area contributed by atoms with Gasteiger partial charge in [-0.3, -0.25) is 4.79 Å². The van der Waals surface area contributed by atoms with Gasteiger partial charge in [-0.25, -0.2) is 0 Å². The van der Waals surface area contributed by atoms with Gasteiger partial charge in [-0.05, 0) is 56.3 Å². The minimum absolute atomic E-state index is 0.0459. The highest BCUT2D eigenvalue weighted by Gasteiger charge is 2.37. The highest BCUT2D eigenvalue weighted by Crippen LogP contribution is 2.40. The Morgan fingerprint density at radius 2 is 1.78 bits per heavy atom. The van der Waals surface area contributed by atoms with Gasteiger partial charge in [0.15, 0.2) is 11.5 Å². The number of methoxy groups -OCH3 is 2. The second-order valence-electron chi connectivity index (χ2n) is 6.58. The third kappa shape index (κ3) is 3.15. The molecule has 0 radical (unpaired) electrons. The van der Waals surface area contributed by atoms with Crippen molar-refractivity contribution in [3.05, 3.63) is 23.8 Å². The lowest BCUT2D eigenvalue weighted by molar-refractivity contribution is 0.0492. The smallest absolute Gasteiger partial charge is 0.257 e. The van der Waals surface area contributed by atoms with Crippen LogP contribution in [0, 0.1) is 5.41 Å². The molecular weight excluding hydrogens is 292 g/mol. The normalized spacial score (nSPS) is 20.3. The summed E-state index contributed by atoms with van der Waals surface area (Å²) in [4.78, 5) is 14.9. The Labute approximate surface area is 137 Å². The van der Waals surface area contributed by atoms with Gasteiger partial charge in [-0.15, -0.1) is 0 Å². The summed E-state index contributed by atoms with van der Waals surface area (Å²) in [6.45, 7) is 3.88. The molecule has 2 aliphatic rings. The zero-order valence-electron chi connectivity index (χ0n) is 14.1. The van der Waals surface area contributed by atoms with Gasteiger partial charge in [0, 0.05) is 13.1 Å². The van der Waals surface area contributed by atoms with E-state index in [-0.39, 0.29) is 5.91 Å². The van der Waals surface area contributed by atoms with Crippen LogP contribution in [-0.4, -0.2) is 51.2 Å². The Morgan fingerprint density at radius 3 is 2.39 bits per heavy atom. The number of carbonyl (C=O) groups is 1. The van der Waals surface area contributed by atoms with Crippen molar-refractivity contribution in [3.63, 3.8) is 0 Å². The van der Waals surface area contributed by atoms with Crippen molar-refractivity contribution in [3.8, 4) is 11.5 Å². The molecule has 2 fully saturated rings. The number of para-hydroxylation sites is 1. The van der Waals surface area contributed by atoms with Gasteiger partial charge in [0.05, 0.1) is 19.8 Å². The number of likely N-dealkylation sites (tertiary alicyclic amines) is 1. The zero-order valence-corrected chi connectivity index (χ0v) is 14.1. The Kier molecular flexibility index (Phi) is 4.76. The van der Waals surface area contributed by atoms with Crippen molar-refractivity contribution in [1.82, 2.24) is 10.2 Å². The predicted molar refractivity (Wildman–Crippen MR) is 89.2 cm³/mol. The fraction of sp³-hybridized carbons (Fsp3) is 0.611. The number of rotatable bonds is 3. The molecule has 1 aromatic rings. The van der Waals surface area contributed by atoms with Crippen LogP contribution in [-0.2, 0) is 0 Å². The van der Waals surface area contributed by atoms with E-state index in [1.807, 2.05) is 23.1 Å². The first-order valence-electron chi connectivity index (χ1n) is 8.40. The van der Waals surface area contributed by atoms with Crippen LogP contribution in [0.5, 0.6) is 11.5 Å². The summed E-state index contributed by atoms with van der Waals surface area (Å²) in [6.07, 6.45) is 4.68. The summed E-state index contributed by atoms with van der Waals surface area (Å²) >= 11 is 0. The monoisotopic (exact) mass is 318 g/mol. The SMILES string of the molecule is COc1cccc(C(=O)N2CCC3(CCNCC3)CC2)c1OC. The molecular formula is C18H26N2O3. The molecule has 0 aliphatic carbocycles. The zero-order chi connectivity index (χ0) is 16.3. The van der Waals surface area contributed by atoms with Crippen molar-refractivity contribution in [2.45, 2.75) is 25.7 Å². The molecule has 126 valence electrons. The largest absolute Gasteiger partial charge is 0.493 e. The highest BCUT2D eigenvalue weighted by atomic mass is 16.5. The molecule has 5 nitrogen and oxygen atoms in total. The van der Waals surface area contributed by atoms with E-state index in [2.05, 4.69) is 5.32 Å². The lowest BCUT2D eigenvalue weighted by atomic mass is 9.71. The molecule has 1 N–H and O–H groups in total. The van der Waals surface area contributed by atoms with Crippen LogP contribution < -0.4 is 14.8 Å². The van der Waals surface area contributed by atoms with Gasteiger partial charge < -0.3 is 19.7 Å². The van der Waals surface area contributed by atoms with E-state index in [9.17, 15) is 4.79 Å². The number of amides is 1. The summed E-state index contributed by atoms with van der Waals surface area (Å²) in [5.74, 6) is 1.18. The number of carbonyl (C=O) groups excluding carboxylic acids is 1. The summed E-state index contributed by atoms with van der Waals surface area (Å²) < 4.78 is 10.7. The first-order valence-corrected chi connectivity index (χ1v) is 8.40. The van der Waals surface area contributed by atoms with Crippen LogP contribution in [0.25, 0.3) is 0 Å². The molecule has 0 unspecified atom stereocenters. The highest BCUT2D eigenvalue weighted by molar-refractivity contribution is 5.97. The quantitative estimate of drug-likeness (QED) is 0.929. The third-order valence-electron chi connectivity index (χ3n) is 5.41.